The van der Waals surface area contributed by atoms with Crippen LogP contribution in [-0.2, 0) is 17.4 Å². The molecule has 0 saturated carbocycles. The fraction of sp³-hybridized carbons (Fsp3) is 0.250. The number of carbonyl (C=O) groups is 2. The van der Waals surface area contributed by atoms with Crippen LogP contribution in [0.3, 0.4) is 0 Å². The Labute approximate surface area is 136 Å². The molecule has 1 atom stereocenters. The van der Waals surface area contributed by atoms with Crippen molar-refractivity contribution in [2.24, 2.45) is 7.05 Å². The molecule has 1 amide bonds. The van der Waals surface area contributed by atoms with Gasteiger partial charge in [-0.2, -0.15) is 0 Å². The number of nitrogens with zero attached hydrogens (tertiary/aromatic N) is 1. The van der Waals surface area contributed by atoms with E-state index in [1.54, 1.807) is 37.3 Å². The number of H-pyrrole nitrogens is 1. The van der Waals surface area contributed by atoms with Crippen molar-refractivity contribution in [3.8, 4) is 0 Å². The van der Waals surface area contributed by atoms with Crippen LogP contribution in [-0.4, -0.2) is 26.5 Å². The Morgan fingerprint density at radius 3 is 2.42 bits per heavy atom. The number of carboxylic acids is 1. The van der Waals surface area contributed by atoms with Crippen molar-refractivity contribution in [2.45, 2.75) is 18.9 Å². The second-order valence-corrected chi connectivity index (χ2v) is 5.26. The van der Waals surface area contributed by atoms with E-state index in [2.05, 4.69) is 10.3 Å². The van der Waals surface area contributed by atoms with Crippen LogP contribution in [0.4, 0.5) is 0 Å². The average molecular weight is 331 g/mol. The molecule has 0 saturated heterocycles. The molecule has 2 rings (SSSR count). The molecule has 1 unspecified atom stereocenters. The maximum atomic E-state index is 12.5. The molecule has 24 heavy (non-hydrogen) atoms. The van der Waals surface area contributed by atoms with Crippen molar-refractivity contribution in [3.05, 3.63) is 68.5 Å². The number of rotatable bonds is 5. The van der Waals surface area contributed by atoms with Crippen molar-refractivity contribution in [3.63, 3.8) is 0 Å². The second kappa shape index (κ2) is 6.53. The summed E-state index contributed by atoms with van der Waals surface area (Å²) >= 11 is 0. The van der Waals surface area contributed by atoms with Crippen LogP contribution in [0.1, 0.15) is 29.3 Å². The first-order valence-corrected chi connectivity index (χ1v) is 7.23. The Kier molecular flexibility index (Phi) is 4.68. The van der Waals surface area contributed by atoms with Gasteiger partial charge in [-0.05, 0) is 12.0 Å². The van der Waals surface area contributed by atoms with Gasteiger partial charge in [-0.25, -0.2) is 9.59 Å². The van der Waals surface area contributed by atoms with E-state index >= 15 is 0 Å². The van der Waals surface area contributed by atoms with Crippen LogP contribution in [0.2, 0.25) is 0 Å². The maximum Gasteiger partial charge on any atom is 0.334 e. The highest BCUT2D eigenvalue weighted by atomic mass is 16.4. The van der Waals surface area contributed by atoms with Crippen molar-refractivity contribution >= 4 is 11.9 Å². The SMILES string of the molecule is CCC(NC(=O)c1c[nH]c(=O)n(C)c1=O)(C(=O)O)c1ccccc1. The zero-order valence-corrected chi connectivity index (χ0v) is 13.2. The first kappa shape index (κ1) is 17.2. The van der Waals surface area contributed by atoms with E-state index in [4.69, 9.17) is 0 Å². The predicted molar refractivity (Wildman–Crippen MR) is 85.8 cm³/mol. The van der Waals surface area contributed by atoms with E-state index < -0.39 is 28.7 Å². The highest BCUT2D eigenvalue weighted by Gasteiger charge is 2.40. The molecule has 8 heteroatoms. The Balaban J connectivity index is 2.50. The van der Waals surface area contributed by atoms with Gasteiger partial charge in [0.1, 0.15) is 5.56 Å². The summed E-state index contributed by atoms with van der Waals surface area (Å²) in [7, 11) is 1.22. The molecular formula is C16H17N3O5. The summed E-state index contributed by atoms with van der Waals surface area (Å²) in [5, 5.41) is 12.1. The number of aromatic amines is 1. The molecule has 126 valence electrons. The number of aromatic nitrogens is 2. The molecule has 1 aromatic heterocycles. The first-order valence-electron chi connectivity index (χ1n) is 7.23. The van der Waals surface area contributed by atoms with Gasteiger partial charge in [0.05, 0.1) is 0 Å². The van der Waals surface area contributed by atoms with Crippen molar-refractivity contribution in [1.29, 1.82) is 0 Å². The fourth-order valence-electron chi connectivity index (χ4n) is 2.40. The number of aliphatic carboxylic acids is 1. The van der Waals surface area contributed by atoms with Gasteiger partial charge in [-0.3, -0.25) is 14.2 Å². The van der Waals surface area contributed by atoms with Gasteiger partial charge in [0, 0.05) is 13.2 Å². The molecule has 1 aromatic carbocycles. The molecule has 0 fully saturated rings. The standard InChI is InChI=1S/C16H17N3O5/c1-3-16(14(22)23,10-7-5-4-6-8-10)18-12(20)11-9-17-15(24)19(2)13(11)21/h4-9H,3H2,1-2H3,(H,17,24)(H,18,20)(H,22,23). The van der Waals surface area contributed by atoms with Crippen LogP contribution < -0.4 is 16.6 Å². The summed E-state index contributed by atoms with van der Waals surface area (Å²) in [4.78, 5) is 50.0. The van der Waals surface area contributed by atoms with Crippen LogP contribution in [0, 0.1) is 0 Å². The third-order valence-corrected chi connectivity index (χ3v) is 3.91. The second-order valence-electron chi connectivity index (χ2n) is 5.26. The summed E-state index contributed by atoms with van der Waals surface area (Å²) < 4.78 is 0.742. The van der Waals surface area contributed by atoms with Crippen molar-refractivity contribution in [2.75, 3.05) is 0 Å². The Morgan fingerprint density at radius 2 is 1.88 bits per heavy atom. The van der Waals surface area contributed by atoms with Gasteiger partial charge in [-0.15, -0.1) is 0 Å². The molecule has 8 nitrogen and oxygen atoms in total. The zero-order chi connectivity index (χ0) is 17.9. The van der Waals surface area contributed by atoms with Crippen molar-refractivity contribution in [1.82, 2.24) is 14.9 Å². The molecule has 0 aliphatic heterocycles. The van der Waals surface area contributed by atoms with E-state index in [1.165, 1.54) is 7.05 Å². The maximum absolute atomic E-state index is 12.5. The molecular weight excluding hydrogens is 314 g/mol. The Morgan fingerprint density at radius 1 is 1.25 bits per heavy atom. The summed E-state index contributed by atoms with van der Waals surface area (Å²) in [5.74, 6) is -2.12. The number of hydrogen-bond donors (Lipinski definition) is 3. The minimum Gasteiger partial charge on any atom is -0.479 e. The number of nitrogens with one attached hydrogen (secondary N) is 2. The van der Waals surface area contributed by atoms with Gasteiger partial charge in [0.15, 0.2) is 5.54 Å². The topological polar surface area (TPSA) is 121 Å². The normalized spacial score (nSPS) is 13.1. The quantitative estimate of drug-likeness (QED) is 0.722. The van der Waals surface area contributed by atoms with Gasteiger partial charge >= 0.3 is 11.7 Å². The third kappa shape index (κ3) is 2.85. The lowest BCUT2D eigenvalue weighted by Gasteiger charge is -2.29. The lowest BCUT2D eigenvalue weighted by Crippen LogP contribution is -2.53. The summed E-state index contributed by atoms with van der Waals surface area (Å²) in [6.07, 6.45) is 1.05. The first-order chi connectivity index (χ1) is 11.3. The summed E-state index contributed by atoms with van der Waals surface area (Å²) in [6, 6.07) is 8.22. The monoisotopic (exact) mass is 331 g/mol. The molecule has 0 radical (unpaired) electrons. The number of carbonyl (C=O) groups excluding carboxylic acids is 1. The van der Waals surface area contributed by atoms with Gasteiger partial charge in [0.25, 0.3) is 11.5 Å². The minimum atomic E-state index is -1.68. The largest absolute Gasteiger partial charge is 0.479 e. The van der Waals surface area contributed by atoms with Gasteiger partial charge < -0.3 is 15.4 Å². The van der Waals surface area contributed by atoms with E-state index in [0.29, 0.717) is 5.56 Å². The molecule has 2 aromatic rings. The molecule has 3 N–H and O–H groups in total. The predicted octanol–water partition coefficient (Wildman–Crippen LogP) is 0.194. The number of carboxylic acid groups (broad SMARTS) is 1. The minimum absolute atomic E-state index is 0.0712. The number of benzene rings is 1. The smallest absolute Gasteiger partial charge is 0.334 e. The molecule has 1 heterocycles. The molecule has 0 aliphatic carbocycles. The lowest BCUT2D eigenvalue weighted by molar-refractivity contribution is -0.145. The molecule has 0 spiro atoms. The molecule has 0 bridgehead atoms. The van der Waals surface area contributed by atoms with Crippen LogP contribution >= 0.6 is 0 Å². The van der Waals surface area contributed by atoms with E-state index in [-0.39, 0.29) is 12.0 Å². The lowest BCUT2D eigenvalue weighted by atomic mass is 9.87. The summed E-state index contributed by atoms with van der Waals surface area (Å²) in [5.41, 5.74) is -3.11. The third-order valence-electron chi connectivity index (χ3n) is 3.91. The van der Waals surface area contributed by atoms with Crippen LogP contribution in [0.25, 0.3) is 0 Å². The fourth-order valence-corrected chi connectivity index (χ4v) is 2.40. The average Bonchev–Trinajstić information content (AvgIpc) is 2.58. The van der Waals surface area contributed by atoms with E-state index in [0.717, 1.165) is 10.8 Å². The highest BCUT2D eigenvalue weighted by molar-refractivity contribution is 5.97. The van der Waals surface area contributed by atoms with Gasteiger partial charge in [0.2, 0.25) is 0 Å². The highest BCUT2D eigenvalue weighted by Crippen LogP contribution is 2.25. The van der Waals surface area contributed by atoms with Gasteiger partial charge in [-0.1, -0.05) is 37.3 Å². The Hall–Kier alpha value is -3.16. The zero-order valence-electron chi connectivity index (χ0n) is 13.2. The van der Waals surface area contributed by atoms with E-state index in [9.17, 15) is 24.3 Å². The Bertz CT molecular complexity index is 885. The number of amides is 1. The number of hydrogen-bond acceptors (Lipinski definition) is 4. The van der Waals surface area contributed by atoms with Crippen LogP contribution in [0.5, 0.6) is 0 Å². The van der Waals surface area contributed by atoms with E-state index in [1.807, 2.05) is 0 Å². The summed E-state index contributed by atoms with van der Waals surface area (Å²) in [6.45, 7) is 1.62. The van der Waals surface area contributed by atoms with Crippen LogP contribution in [0.15, 0.2) is 46.1 Å². The van der Waals surface area contributed by atoms with Crippen molar-refractivity contribution < 1.29 is 14.7 Å². The molecule has 0 aliphatic rings.